The normalized spacial score (nSPS) is 10.7. The number of Topliss-reactive ketones (excluding diaryl/α,β-unsaturated/α-hetero) is 1. The summed E-state index contributed by atoms with van der Waals surface area (Å²) in [6, 6.07) is 11.9. The summed E-state index contributed by atoms with van der Waals surface area (Å²) < 4.78 is 34.5. The lowest BCUT2D eigenvalue weighted by atomic mass is 9.98. The standard InChI is InChI=1S/C25H24F2N2O3/c1-4-24(31)29(2)22-11-8-17(14-21(22)27)19-10-7-18(15-20(19)26)23(30)12-9-16-6-5-13-28-25(16)32-3/h5-8,10-11,13-15H,4,9,12H2,1-3H3. The smallest absolute Gasteiger partial charge is 0.226 e. The van der Waals surface area contributed by atoms with Crippen molar-refractivity contribution in [3.63, 3.8) is 0 Å². The number of ether oxygens (including phenoxy) is 1. The van der Waals surface area contributed by atoms with E-state index in [1.165, 1.54) is 43.3 Å². The van der Waals surface area contributed by atoms with E-state index in [1.54, 1.807) is 25.3 Å². The average Bonchev–Trinajstić information content (AvgIpc) is 2.81. The summed E-state index contributed by atoms with van der Waals surface area (Å²) in [6.45, 7) is 1.69. The molecule has 7 heteroatoms. The number of pyridine rings is 1. The molecule has 1 amide bonds. The number of methoxy groups -OCH3 is 1. The maximum Gasteiger partial charge on any atom is 0.226 e. The summed E-state index contributed by atoms with van der Waals surface area (Å²) >= 11 is 0. The largest absolute Gasteiger partial charge is 0.481 e. The van der Waals surface area contributed by atoms with E-state index in [2.05, 4.69) is 4.98 Å². The summed E-state index contributed by atoms with van der Waals surface area (Å²) in [5, 5.41) is 0. The van der Waals surface area contributed by atoms with Crippen LogP contribution in [0.5, 0.6) is 5.88 Å². The quantitative estimate of drug-likeness (QED) is 0.452. The van der Waals surface area contributed by atoms with Crippen LogP contribution < -0.4 is 9.64 Å². The first kappa shape index (κ1) is 23.1. The first-order chi connectivity index (χ1) is 15.3. The van der Waals surface area contributed by atoms with Gasteiger partial charge in [0.25, 0.3) is 0 Å². The van der Waals surface area contributed by atoms with Gasteiger partial charge in [0.1, 0.15) is 11.6 Å². The van der Waals surface area contributed by atoms with Crippen LogP contribution in [0.4, 0.5) is 14.5 Å². The van der Waals surface area contributed by atoms with Crippen LogP contribution in [0.25, 0.3) is 11.1 Å². The lowest BCUT2D eigenvalue weighted by molar-refractivity contribution is -0.118. The highest BCUT2D eigenvalue weighted by atomic mass is 19.1. The lowest BCUT2D eigenvalue weighted by Crippen LogP contribution is -2.25. The molecule has 1 heterocycles. The molecule has 0 atom stereocenters. The third-order valence-corrected chi connectivity index (χ3v) is 5.25. The zero-order chi connectivity index (χ0) is 23.3. The summed E-state index contributed by atoms with van der Waals surface area (Å²) in [5.74, 6) is -1.24. The second-order valence-corrected chi connectivity index (χ2v) is 7.26. The Morgan fingerprint density at radius 1 is 1.06 bits per heavy atom. The first-order valence-corrected chi connectivity index (χ1v) is 10.2. The van der Waals surface area contributed by atoms with Crippen molar-refractivity contribution >= 4 is 17.4 Å². The fraction of sp³-hybridized carbons (Fsp3) is 0.240. The maximum atomic E-state index is 14.8. The molecule has 0 bridgehead atoms. The zero-order valence-corrected chi connectivity index (χ0v) is 18.2. The molecular formula is C25H24F2N2O3. The van der Waals surface area contributed by atoms with Crippen molar-refractivity contribution in [1.29, 1.82) is 0 Å². The van der Waals surface area contributed by atoms with Gasteiger partial charge >= 0.3 is 0 Å². The molecule has 2 aromatic carbocycles. The molecule has 0 aliphatic heterocycles. The number of aromatic nitrogens is 1. The van der Waals surface area contributed by atoms with Crippen LogP contribution in [0.2, 0.25) is 0 Å². The zero-order valence-electron chi connectivity index (χ0n) is 18.2. The van der Waals surface area contributed by atoms with Crippen LogP contribution >= 0.6 is 0 Å². The average molecular weight is 438 g/mol. The molecule has 166 valence electrons. The van der Waals surface area contributed by atoms with E-state index in [0.29, 0.717) is 17.9 Å². The summed E-state index contributed by atoms with van der Waals surface area (Å²) in [7, 11) is 3.00. The number of nitrogens with zero attached hydrogens (tertiary/aromatic N) is 2. The van der Waals surface area contributed by atoms with Crippen LogP contribution in [-0.2, 0) is 11.2 Å². The van der Waals surface area contributed by atoms with E-state index in [1.807, 2.05) is 6.07 Å². The van der Waals surface area contributed by atoms with Crippen molar-refractivity contribution in [2.24, 2.45) is 0 Å². The summed E-state index contributed by atoms with van der Waals surface area (Å²) in [4.78, 5) is 29.7. The third-order valence-electron chi connectivity index (χ3n) is 5.25. The molecular weight excluding hydrogens is 414 g/mol. The number of carbonyl (C=O) groups excluding carboxylic acids is 2. The Morgan fingerprint density at radius 3 is 2.50 bits per heavy atom. The second-order valence-electron chi connectivity index (χ2n) is 7.26. The Hall–Kier alpha value is -3.61. The molecule has 0 fully saturated rings. The van der Waals surface area contributed by atoms with Crippen molar-refractivity contribution in [2.75, 3.05) is 19.1 Å². The predicted octanol–water partition coefficient (Wildman–Crippen LogP) is 5.22. The van der Waals surface area contributed by atoms with Crippen molar-refractivity contribution in [3.05, 3.63) is 77.5 Å². The first-order valence-electron chi connectivity index (χ1n) is 10.2. The molecule has 3 aromatic rings. The Bertz CT molecular complexity index is 1150. The van der Waals surface area contributed by atoms with Crippen molar-refractivity contribution in [1.82, 2.24) is 4.98 Å². The molecule has 0 saturated carbocycles. The summed E-state index contributed by atoms with van der Waals surface area (Å²) in [6.07, 6.45) is 2.43. The van der Waals surface area contributed by atoms with Gasteiger partial charge in [-0.05, 0) is 36.2 Å². The van der Waals surface area contributed by atoms with Crippen molar-refractivity contribution in [3.8, 4) is 17.0 Å². The van der Waals surface area contributed by atoms with E-state index in [-0.39, 0.29) is 41.3 Å². The number of benzene rings is 2. The van der Waals surface area contributed by atoms with Gasteiger partial charge in [0, 0.05) is 42.8 Å². The number of halogens is 2. The van der Waals surface area contributed by atoms with Gasteiger partial charge in [0.2, 0.25) is 11.8 Å². The number of amides is 1. The van der Waals surface area contributed by atoms with Gasteiger partial charge in [-0.15, -0.1) is 0 Å². The number of aryl methyl sites for hydroxylation is 1. The highest BCUT2D eigenvalue weighted by molar-refractivity contribution is 5.97. The fourth-order valence-corrected chi connectivity index (χ4v) is 3.43. The van der Waals surface area contributed by atoms with Gasteiger partial charge in [-0.3, -0.25) is 9.59 Å². The van der Waals surface area contributed by atoms with E-state index < -0.39 is 11.6 Å². The van der Waals surface area contributed by atoms with Crippen LogP contribution in [0, 0.1) is 11.6 Å². The van der Waals surface area contributed by atoms with Gasteiger partial charge in [-0.1, -0.05) is 31.2 Å². The number of anilines is 1. The molecule has 0 saturated heterocycles. The van der Waals surface area contributed by atoms with Gasteiger partial charge < -0.3 is 9.64 Å². The van der Waals surface area contributed by atoms with Crippen LogP contribution in [0.15, 0.2) is 54.7 Å². The topological polar surface area (TPSA) is 59.5 Å². The van der Waals surface area contributed by atoms with Crippen molar-refractivity contribution < 1.29 is 23.1 Å². The number of hydrogen-bond acceptors (Lipinski definition) is 4. The summed E-state index contributed by atoms with van der Waals surface area (Å²) in [5.41, 5.74) is 1.64. The Kier molecular flexibility index (Phi) is 7.30. The van der Waals surface area contributed by atoms with E-state index in [0.717, 1.165) is 11.6 Å². The van der Waals surface area contributed by atoms with Crippen molar-refractivity contribution in [2.45, 2.75) is 26.2 Å². The third kappa shape index (κ3) is 4.99. The molecule has 32 heavy (non-hydrogen) atoms. The minimum Gasteiger partial charge on any atom is -0.481 e. The Balaban J connectivity index is 1.77. The Labute approximate surface area is 185 Å². The molecule has 5 nitrogen and oxygen atoms in total. The molecule has 0 unspecified atom stereocenters. The predicted molar refractivity (Wildman–Crippen MR) is 119 cm³/mol. The molecule has 1 aromatic heterocycles. The van der Waals surface area contributed by atoms with E-state index in [9.17, 15) is 18.4 Å². The molecule has 0 radical (unpaired) electrons. The number of ketones is 1. The molecule has 3 rings (SSSR count). The highest BCUT2D eigenvalue weighted by Crippen LogP contribution is 2.29. The SMILES string of the molecule is CCC(=O)N(C)c1ccc(-c2ccc(C(=O)CCc3cccnc3OC)cc2F)cc1F. The van der Waals surface area contributed by atoms with Crippen LogP contribution in [0.3, 0.4) is 0 Å². The van der Waals surface area contributed by atoms with Gasteiger partial charge in [0.15, 0.2) is 5.78 Å². The Morgan fingerprint density at radius 2 is 1.84 bits per heavy atom. The number of carbonyl (C=O) groups is 2. The lowest BCUT2D eigenvalue weighted by Gasteiger charge is -2.18. The monoisotopic (exact) mass is 438 g/mol. The fourth-order valence-electron chi connectivity index (χ4n) is 3.43. The van der Waals surface area contributed by atoms with Gasteiger partial charge in [-0.25, -0.2) is 13.8 Å². The molecule has 0 aliphatic carbocycles. The molecule has 0 aliphatic rings. The van der Waals surface area contributed by atoms with Gasteiger partial charge in [0.05, 0.1) is 12.8 Å². The minimum atomic E-state index is -0.628. The number of hydrogen-bond donors (Lipinski definition) is 0. The van der Waals surface area contributed by atoms with E-state index >= 15 is 0 Å². The maximum absolute atomic E-state index is 14.8. The highest BCUT2D eigenvalue weighted by Gasteiger charge is 2.17. The molecule has 0 spiro atoms. The molecule has 0 N–H and O–H groups in total. The van der Waals surface area contributed by atoms with Crippen LogP contribution in [-0.4, -0.2) is 30.8 Å². The van der Waals surface area contributed by atoms with Crippen LogP contribution in [0.1, 0.15) is 35.7 Å². The second kappa shape index (κ2) is 10.1. The van der Waals surface area contributed by atoms with E-state index in [4.69, 9.17) is 4.74 Å². The minimum absolute atomic E-state index is 0.124. The van der Waals surface area contributed by atoms with Gasteiger partial charge in [-0.2, -0.15) is 0 Å². The number of rotatable bonds is 8.